The third-order valence-corrected chi connectivity index (χ3v) is 5.56. The minimum atomic E-state index is -4.86. The number of nitrogens with one attached hydrogen (secondary N) is 1. The van der Waals surface area contributed by atoms with E-state index in [1.807, 2.05) is 0 Å². The molecular weight excluding hydrogens is 390 g/mol. The van der Waals surface area contributed by atoms with Gasteiger partial charge in [-0.1, -0.05) is 0 Å². The zero-order chi connectivity index (χ0) is 20.8. The van der Waals surface area contributed by atoms with Crippen LogP contribution in [0, 0.1) is 5.82 Å². The molecule has 0 unspecified atom stereocenters. The van der Waals surface area contributed by atoms with E-state index in [0.29, 0.717) is 37.1 Å². The second-order valence-corrected chi connectivity index (χ2v) is 7.45. The fourth-order valence-electron chi connectivity index (χ4n) is 4.12. The lowest BCUT2D eigenvalue weighted by atomic mass is 9.96. The first-order chi connectivity index (χ1) is 13.7. The molecule has 1 aromatic carbocycles. The highest BCUT2D eigenvalue weighted by Crippen LogP contribution is 2.39. The number of benzene rings is 1. The molecule has 9 heteroatoms. The van der Waals surface area contributed by atoms with E-state index in [9.17, 15) is 22.4 Å². The summed E-state index contributed by atoms with van der Waals surface area (Å²) >= 11 is 0. The van der Waals surface area contributed by atoms with Gasteiger partial charge in [0.15, 0.2) is 0 Å². The summed E-state index contributed by atoms with van der Waals surface area (Å²) in [6.45, 7) is 0.684. The predicted molar refractivity (Wildman–Crippen MR) is 96.4 cm³/mol. The summed E-state index contributed by atoms with van der Waals surface area (Å²) in [5.41, 5.74) is 0.392. The summed E-state index contributed by atoms with van der Waals surface area (Å²) in [6, 6.07) is 5.85. The average Bonchev–Trinajstić information content (AvgIpc) is 3.22. The van der Waals surface area contributed by atoms with Crippen molar-refractivity contribution in [3.05, 3.63) is 48.0 Å². The molecule has 1 amide bonds. The molecule has 1 aromatic heterocycles. The van der Waals surface area contributed by atoms with Crippen LogP contribution in [-0.4, -0.2) is 41.3 Å². The van der Waals surface area contributed by atoms with Crippen molar-refractivity contribution in [3.8, 4) is 16.9 Å². The average molecular weight is 409 g/mol. The topological polar surface area (TPSA) is 54.5 Å². The number of alkyl halides is 3. The summed E-state index contributed by atoms with van der Waals surface area (Å²) in [6.07, 6.45) is -1.30. The maximum absolute atomic E-state index is 14.3. The lowest BCUT2D eigenvalue weighted by Gasteiger charge is -2.23. The highest BCUT2D eigenvalue weighted by atomic mass is 19.4. The normalized spacial score (nSPS) is 24.5. The number of likely N-dealkylation sites (tertiary alicyclic amines) is 1. The quantitative estimate of drug-likeness (QED) is 0.784. The molecule has 0 aliphatic carbocycles. The number of aromatic nitrogens is 1. The number of nitrogens with zero attached hydrogens (tertiary/aromatic N) is 2. The number of carbonyl (C=O) groups excluding carboxylic acids is 1. The predicted octanol–water partition coefficient (Wildman–Crippen LogP) is 3.81. The number of hydrogen-bond acceptors (Lipinski definition) is 4. The van der Waals surface area contributed by atoms with Crippen LogP contribution in [0.4, 0.5) is 17.6 Å². The highest BCUT2D eigenvalue weighted by molar-refractivity contribution is 5.88. The van der Waals surface area contributed by atoms with Gasteiger partial charge in [-0.15, -0.1) is 13.2 Å². The lowest BCUT2D eigenvalue weighted by molar-refractivity contribution is -0.274. The fourth-order valence-corrected chi connectivity index (χ4v) is 4.12. The molecule has 5 nitrogen and oxygen atoms in total. The molecule has 0 saturated carbocycles. The van der Waals surface area contributed by atoms with Crippen LogP contribution in [0.1, 0.15) is 31.0 Å². The zero-order valence-electron chi connectivity index (χ0n) is 15.6. The SMILES string of the molecule is CN1CC[C@@]2(CC[C@H](c3cc(-c4cc(OC(F)(F)F)ccc4F)ccn3)N2)C1=O. The Morgan fingerprint density at radius 1 is 1.24 bits per heavy atom. The molecule has 0 bridgehead atoms. The molecule has 1 spiro atoms. The molecule has 2 saturated heterocycles. The van der Waals surface area contributed by atoms with Crippen LogP contribution in [0.15, 0.2) is 36.5 Å². The zero-order valence-corrected chi connectivity index (χ0v) is 15.6. The summed E-state index contributed by atoms with van der Waals surface area (Å²) < 4.78 is 55.7. The Labute approximate surface area is 164 Å². The van der Waals surface area contributed by atoms with Crippen LogP contribution < -0.4 is 10.1 Å². The Morgan fingerprint density at radius 2 is 2.03 bits per heavy atom. The van der Waals surface area contributed by atoms with Gasteiger partial charge in [0, 0.05) is 25.4 Å². The van der Waals surface area contributed by atoms with Gasteiger partial charge in [-0.05, 0) is 55.2 Å². The van der Waals surface area contributed by atoms with E-state index in [2.05, 4.69) is 15.0 Å². The minimum absolute atomic E-state index is 0.0141. The van der Waals surface area contributed by atoms with Crippen molar-refractivity contribution in [1.82, 2.24) is 15.2 Å². The summed E-state index contributed by atoms with van der Waals surface area (Å²) in [5.74, 6) is -1.11. The van der Waals surface area contributed by atoms with Crippen LogP contribution in [-0.2, 0) is 4.79 Å². The van der Waals surface area contributed by atoms with Crippen molar-refractivity contribution in [2.45, 2.75) is 37.2 Å². The number of ether oxygens (including phenoxy) is 1. The van der Waals surface area contributed by atoms with Crippen LogP contribution in [0.3, 0.4) is 0 Å². The van der Waals surface area contributed by atoms with E-state index >= 15 is 0 Å². The van der Waals surface area contributed by atoms with E-state index in [1.54, 1.807) is 18.0 Å². The van der Waals surface area contributed by atoms with Crippen molar-refractivity contribution in [1.29, 1.82) is 0 Å². The molecule has 2 aliphatic rings. The highest BCUT2D eigenvalue weighted by Gasteiger charge is 2.50. The van der Waals surface area contributed by atoms with Gasteiger partial charge in [0.2, 0.25) is 5.91 Å². The summed E-state index contributed by atoms with van der Waals surface area (Å²) in [7, 11) is 1.77. The van der Waals surface area contributed by atoms with Crippen molar-refractivity contribution in [2.75, 3.05) is 13.6 Å². The van der Waals surface area contributed by atoms with Crippen molar-refractivity contribution < 1.29 is 27.1 Å². The van der Waals surface area contributed by atoms with Gasteiger partial charge in [0.05, 0.1) is 11.7 Å². The van der Waals surface area contributed by atoms with Gasteiger partial charge in [-0.3, -0.25) is 15.1 Å². The second-order valence-electron chi connectivity index (χ2n) is 7.45. The van der Waals surface area contributed by atoms with E-state index < -0.39 is 23.5 Å². The number of likely N-dealkylation sites (N-methyl/N-ethyl adjacent to an activating group) is 1. The summed E-state index contributed by atoms with van der Waals surface area (Å²) in [4.78, 5) is 18.5. The first-order valence-corrected chi connectivity index (χ1v) is 9.22. The molecule has 154 valence electrons. The van der Waals surface area contributed by atoms with Crippen LogP contribution in [0.2, 0.25) is 0 Å². The number of hydrogen-bond donors (Lipinski definition) is 1. The number of rotatable bonds is 3. The Bertz CT molecular complexity index is 950. The van der Waals surface area contributed by atoms with Crippen LogP contribution in [0.25, 0.3) is 11.1 Å². The third kappa shape index (κ3) is 3.78. The number of halogens is 4. The van der Waals surface area contributed by atoms with Gasteiger partial charge < -0.3 is 9.64 Å². The number of pyridine rings is 1. The number of amides is 1. The first kappa shape index (κ1) is 19.6. The molecule has 2 aliphatic heterocycles. The molecule has 2 fully saturated rings. The van der Waals surface area contributed by atoms with Gasteiger partial charge in [0.1, 0.15) is 17.1 Å². The van der Waals surface area contributed by atoms with E-state index in [-0.39, 0.29) is 17.5 Å². The van der Waals surface area contributed by atoms with Crippen LogP contribution in [0.5, 0.6) is 5.75 Å². The van der Waals surface area contributed by atoms with E-state index in [0.717, 1.165) is 18.2 Å². The van der Waals surface area contributed by atoms with E-state index in [4.69, 9.17) is 0 Å². The molecule has 1 N–H and O–H groups in total. The monoisotopic (exact) mass is 409 g/mol. The smallest absolute Gasteiger partial charge is 0.406 e. The lowest BCUT2D eigenvalue weighted by Crippen LogP contribution is -2.47. The third-order valence-electron chi connectivity index (χ3n) is 5.56. The van der Waals surface area contributed by atoms with Gasteiger partial charge >= 0.3 is 6.36 Å². The standard InChI is InChI=1S/C20H19F4N3O2/c1-27-9-7-19(18(27)28)6-4-16(26-19)17-10-12(5-8-25-17)14-11-13(2-3-15(14)21)29-20(22,23)24/h2-3,5,8,10-11,16,26H,4,6-7,9H2,1H3/t16-,19+/m1/s1. The fraction of sp³-hybridized carbons (Fsp3) is 0.400. The summed E-state index contributed by atoms with van der Waals surface area (Å²) in [5, 5.41) is 3.38. The molecule has 29 heavy (non-hydrogen) atoms. The molecule has 0 radical (unpaired) electrons. The van der Waals surface area contributed by atoms with Gasteiger partial charge in [-0.25, -0.2) is 4.39 Å². The maximum Gasteiger partial charge on any atom is 0.573 e. The minimum Gasteiger partial charge on any atom is -0.406 e. The van der Waals surface area contributed by atoms with E-state index in [1.165, 1.54) is 12.3 Å². The van der Waals surface area contributed by atoms with Crippen molar-refractivity contribution in [3.63, 3.8) is 0 Å². The van der Waals surface area contributed by atoms with Gasteiger partial charge in [-0.2, -0.15) is 0 Å². The second kappa shape index (κ2) is 6.98. The Balaban J connectivity index is 1.60. The Morgan fingerprint density at radius 3 is 2.72 bits per heavy atom. The molecular formula is C20H19F4N3O2. The largest absolute Gasteiger partial charge is 0.573 e. The Hall–Kier alpha value is -2.68. The molecule has 2 aromatic rings. The van der Waals surface area contributed by atoms with Gasteiger partial charge in [0.25, 0.3) is 0 Å². The Kier molecular flexibility index (Phi) is 4.72. The number of carbonyl (C=O) groups is 1. The molecule has 4 rings (SSSR count). The van der Waals surface area contributed by atoms with Crippen molar-refractivity contribution >= 4 is 5.91 Å². The maximum atomic E-state index is 14.3. The van der Waals surface area contributed by atoms with Crippen molar-refractivity contribution in [2.24, 2.45) is 0 Å². The first-order valence-electron chi connectivity index (χ1n) is 9.22. The molecule has 3 heterocycles. The molecule has 2 atom stereocenters. The van der Waals surface area contributed by atoms with Crippen LogP contribution >= 0.6 is 0 Å².